The number of aromatic nitrogens is 1. The van der Waals surface area contributed by atoms with Crippen molar-refractivity contribution in [3.8, 4) is 5.75 Å². The summed E-state index contributed by atoms with van der Waals surface area (Å²) in [6, 6.07) is 10.4. The lowest BCUT2D eigenvalue weighted by Crippen LogP contribution is -2.48. The first-order valence-corrected chi connectivity index (χ1v) is 25.1. The topological polar surface area (TPSA) is 176 Å². The van der Waals surface area contributed by atoms with Crippen LogP contribution in [0, 0.1) is 24.2 Å². The van der Waals surface area contributed by atoms with E-state index in [-0.39, 0.29) is 48.0 Å². The summed E-state index contributed by atoms with van der Waals surface area (Å²) in [6.07, 6.45) is 11.9. The second kappa shape index (κ2) is 26.0. The molecule has 2 aliphatic heterocycles. The van der Waals surface area contributed by atoms with Crippen LogP contribution in [0.5, 0.6) is 5.75 Å². The predicted molar refractivity (Wildman–Crippen MR) is 262 cm³/mol. The van der Waals surface area contributed by atoms with Crippen LogP contribution in [0.1, 0.15) is 146 Å². The lowest BCUT2D eigenvalue weighted by atomic mass is 9.71. The van der Waals surface area contributed by atoms with Gasteiger partial charge in [-0.15, -0.1) is 17.9 Å². The molecule has 0 saturated heterocycles. The van der Waals surface area contributed by atoms with Gasteiger partial charge in [0, 0.05) is 37.5 Å². The molecule has 0 spiro atoms. The largest absolute Gasteiger partial charge is 0.508 e. The minimum atomic E-state index is -1.48. The highest BCUT2D eigenvalue weighted by Crippen LogP contribution is 2.37. The number of aryl methyl sites for hydroxylation is 1. The Morgan fingerprint density at radius 1 is 0.985 bits per heavy atom. The van der Waals surface area contributed by atoms with Crippen molar-refractivity contribution in [1.82, 2.24) is 9.88 Å². The van der Waals surface area contributed by atoms with Crippen LogP contribution in [0.2, 0.25) is 5.02 Å². The Kier molecular flexibility index (Phi) is 20.5. The summed E-state index contributed by atoms with van der Waals surface area (Å²) in [6.45, 7) is 13.1. The average Bonchev–Trinajstić information content (AvgIpc) is 3.84. The minimum absolute atomic E-state index is 0.138. The van der Waals surface area contributed by atoms with Crippen LogP contribution in [0.15, 0.2) is 72.9 Å². The number of Topliss-reactive ketones (excluding diaryl/α,β-unsaturated/α-hetero) is 1. The number of rotatable bonds is 18. The molecule has 3 aromatic rings. The summed E-state index contributed by atoms with van der Waals surface area (Å²) in [5, 5.41) is 12.6. The van der Waals surface area contributed by atoms with Gasteiger partial charge in [-0.25, -0.2) is 9.78 Å². The molecule has 0 unspecified atom stereocenters. The molecule has 2 amide bonds. The number of imide groups is 1. The molecule has 13 nitrogen and oxygen atoms in total. The van der Waals surface area contributed by atoms with Crippen molar-refractivity contribution < 1.29 is 52.8 Å². The van der Waals surface area contributed by atoms with Crippen LogP contribution in [0.4, 0.5) is 4.79 Å². The molecule has 2 aliphatic rings. The number of ketones is 1. The van der Waals surface area contributed by atoms with E-state index in [1.54, 1.807) is 37.3 Å². The van der Waals surface area contributed by atoms with Gasteiger partial charge in [0.05, 0.1) is 38.2 Å². The van der Waals surface area contributed by atoms with Crippen molar-refractivity contribution in [2.75, 3.05) is 6.54 Å². The first-order valence-electron chi connectivity index (χ1n) is 23.9. The van der Waals surface area contributed by atoms with Crippen molar-refractivity contribution in [2.45, 2.75) is 156 Å². The van der Waals surface area contributed by atoms with Crippen LogP contribution < -0.4 is 4.74 Å². The number of hydrogen-bond donors (Lipinski definition) is 1. The fourth-order valence-electron chi connectivity index (χ4n) is 8.65. The quantitative estimate of drug-likeness (QED) is 0.0420. The molecular weight excluding hydrogens is 908 g/mol. The Labute approximate surface area is 409 Å². The van der Waals surface area contributed by atoms with E-state index in [0.717, 1.165) is 84.1 Å². The van der Waals surface area contributed by atoms with E-state index in [1.165, 1.54) is 29.2 Å². The van der Waals surface area contributed by atoms with Gasteiger partial charge in [-0.3, -0.25) is 28.9 Å². The molecule has 68 heavy (non-hydrogen) atoms. The van der Waals surface area contributed by atoms with Crippen molar-refractivity contribution in [3.63, 3.8) is 0 Å². The third-order valence-corrected chi connectivity index (χ3v) is 14.1. The number of cyclic esters (lactones) is 1. The lowest BCUT2D eigenvalue weighted by molar-refractivity contribution is -0.157. The molecule has 0 aliphatic carbocycles. The summed E-state index contributed by atoms with van der Waals surface area (Å²) < 4.78 is 24.1. The predicted octanol–water partition coefficient (Wildman–Crippen LogP) is 11.6. The fraction of sp³-hybridized carbons (Fsp3) is 0.528. The van der Waals surface area contributed by atoms with Crippen molar-refractivity contribution >= 4 is 68.8 Å². The molecule has 1 N–H and O–H groups in total. The van der Waals surface area contributed by atoms with Gasteiger partial charge in [-0.2, -0.15) is 0 Å². The van der Waals surface area contributed by atoms with E-state index in [2.05, 4.69) is 17.6 Å². The smallest absolute Gasteiger partial charge is 0.457 e. The highest BCUT2D eigenvalue weighted by atomic mass is 35.5. The van der Waals surface area contributed by atoms with Gasteiger partial charge in [0.15, 0.2) is 0 Å². The standard InChI is InChI=1S/C53H67ClN2O11S/c1-7-17-39-50(61)35(3)19-16-18-34(2)21-24-42(38-23-26-44-41(31-38)55-36(4)68-44)65-49(60)32-45(53(5,6)51(39)62)67-52(63)64-33-37-22-25-43(40(54)30-37)66-48(59)20-14-12-10-8-9-11-13-15-29-56-46(57)27-28-47(56)58/h7,21-23,25-28,30-31,35,39,42,45,50,61H,1,8-20,24,29,32-33H2,2-6H3/b34-21+/t35-,39+,42-,45-,50-/m0/s1. The first kappa shape index (κ1) is 53.8. The molecule has 3 heterocycles. The highest BCUT2D eigenvalue weighted by molar-refractivity contribution is 7.18. The third kappa shape index (κ3) is 15.7. The number of ether oxygens (including phenoxy) is 4. The van der Waals surface area contributed by atoms with Crippen LogP contribution in [0.25, 0.3) is 10.2 Å². The van der Waals surface area contributed by atoms with Gasteiger partial charge >= 0.3 is 18.1 Å². The molecule has 368 valence electrons. The summed E-state index contributed by atoms with van der Waals surface area (Å²) in [7, 11) is 0. The molecular formula is C53H67ClN2O11S. The van der Waals surface area contributed by atoms with Gasteiger partial charge in [-0.1, -0.05) is 86.9 Å². The number of halogens is 1. The zero-order valence-electron chi connectivity index (χ0n) is 40.1. The number of thiazole rings is 1. The van der Waals surface area contributed by atoms with E-state index in [1.807, 2.05) is 39.0 Å². The number of aliphatic hydroxyl groups is 1. The van der Waals surface area contributed by atoms with Crippen LogP contribution >= 0.6 is 22.9 Å². The van der Waals surface area contributed by atoms with Gasteiger partial charge in [0.1, 0.15) is 30.3 Å². The number of aliphatic hydroxyl groups excluding tert-OH is 1. The van der Waals surface area contributed by atoms with E-state index >= 15 is 0 Å². The maximum Gasteiger partial charge on any atom is 0.508 e. The Bertz CT molecular complexity index is 2320. The maximum atomic E-state index is 14.5. The van der Waals surface area contributed by atoms with E-state index in [0.29, 0.717) is 31.4 Å². The Balaban J connectivity index is 1.17. The van der Waals surface area contributed by atoms with Crippen molar-refractivity contribution in [1.29, 1.82) is 0 Å². The van der Waals surface area contributed by atoms with Crippen LogP contribution in [0.3, 0.4) is 0 Å². The number of nitrogens with zero attached hydrogens (tertiary/aromatic N) is 2. The fourth-order valence-corrected chi connectivity index (χ4v) is 9.70. The number of amides is 2. The van der Waals surface area contributed by atoms with Crippen LogP contribution in [-0.2, 0) is 44.8 Å². The summed E-state index contributed by atoms with van der Waals surface area (Å²) >= 11 is 8.07. The van der Waals surface area contributed by atoms with E-state index in [9.17, 15) is 33.9 Å². The van der Waals surface area contributed by atoms with Gasteiger partial charge in [0.25, 0.3) is 11.8 Å². The van der Waals surface area contributed by atoms with Crippen molar-refractivity contribution in [2.24, 2.45) is 17.3 Å². The number of hydrogen-bond acceptors (Lipinski definition) is 13. The number of carbonyl (C=O) groups is 6. The van der Waals surface area contributed by atoms with E-state index in [4.69, 9.17) is 30.5 Å². The second-order valence-electron chi connectivity index (χ2n) is 18.6. The zero-order chi connectivity index (χ0) is 49.4. The lowest BCUT2D eigenvalue weighted by Gasteiger charge is -2.37. The number of fused-ring (bicyclic) bond motifs is 1. The minimum Gasteiger partial charge on any atom is -0.457 e. The van der Waals surface area contributed by atoms with Gasteiger partial charge in [-0.05, 0) is 108 Å². The second-order valence-corrected chi connectivity index (χ2v) is 20.3. The summed E-state index contributed by atoms with van der Waals surface area (Å²) in [5.74, 6) is -2.94. The van der Waals surface area contributed by atoms with E-state index < -0.39 is 59.9 Å². The number of carbonyl (C=O) groups excluding carboxylic acids is 6. The third-order valence-electron chi connectivity index (χ3n) is 12.8. The molecule has 15 heteroatoms. The molecule has 1 aromatic heterocycles. The SMILES string of the molecule is C=CC[C@H]1C(=O)C(C)(C)[C@@H](OC(=O)OCc2ccc(OC(=O)CCCCCCCCCCN3C(=O)C=CC3=O)c(Cl)c2)CC(=O)O[C@H](c2ccc3sc(C)nc3c2)C/C=C(\C)CCC[C@H](C)[C@@H]1O. The number of esters is 2. The zero-order valence-corrected chi connectivity index (χ0v) is 41.7. The average molecular weight is 976 g/mol. The molecule has 0 bridgehead atoms. The normalized spacial score (nSPS) is 22.4. The first-order chi connectivity index (χ1) is 32.5. The molecule has 0 radical (unpaired) electrons. The maximum absolute atomic E-state index is 14.5. The van der Waals surface area contributed by atoms with Gasteiger partial charge < -0.3 is 24.1 Å². The Morgan fingerprint density at radius 2 is 1.68 bits per heavy atom. The molecule has 2 aromatic carbocycles. The highest BCUT2D eigenvalue weighted by Gasteiger charge is 2.46. The molecule has 0 fully saturated rings. The molecule has 5 atom stereocenters. The summed E-state index contributed by atoms with van der Waals surface area (Å²) in [5.41, 5.74) is 1.65. The Morgan fingerprint density at radius 3 is 2.37 bits per heavy atom. The molecule has 5 rings (SSSR count). The van der Waals surface area contributed by atoms with Gasteiger partial charge in [0.2, 0.25) is 0 Å². The monoisotopic (exact) mass is 974 g/mol. The Hall–Kier alpha value is -5.18. The number of benzene rings is 2. The number of unbranched alkanes of at least 4 members (excludes halogenated alkanes) is 7. The molecule has 0 saturated carbocycles. The van der Waals surface area contributed by atoms with Crippen LogP contribution in [-0.4, -0.2) is 69.4 Å². The summed E-state index contributed by atoms with van der Waals surface area (Å²) in [4.78, 5) is 83.8. The van der Waals surface area contributed by atoms with Crippen molar-refractivity contribution in [3.05, 3.63) is 94.0 Å². The number of allylic oxidation sites excluding steroid dienone is 2.